The predicted molar refractivity (Wildman–Crippen MR) is 73.9 cm³/mol. The Kier molecular flexibility index (Phi) is 11.8. The Balaban J connectivity index is 4.43. The van der Waals surface area contributed by atoms with Crippen molar-refractivity contribution in [2.24, 2.45) is 0 Å². The maximum atomic E-state index is 6.29. The average molecular weight is 321 g/mol. The van der Waals surface area contributed by atoms with Crippen LogP contribution in [0.5, 0.6) is 0 Å². The van der Waals surface area contributed by atoms with Crippen LogP contribution in [0.2, 0.25) is 0 Å². The van der Waals surface area contributed by atoms with Crippen molar-refractivity contribution in [1.82, 2.24) is 0 Å². The molecule has 0 saturated carbocycles. The maximum Gasteiger partial charge on any atom is 0.278 e. The third-order valence-corrected chi connectivity index (χ3v) is 3.38. The minimum absolute atomic E-state index is 0.0236. The minimum atomic E-state index is -1.43. The van der Waals surface area contributed by atoms with Crippen molar-refractivity contribution in [1.29, 1.82) is 0 Å². The van der Waals surface area contributed by atoms with E-state index in [0.29, 0.717) is 36.0 Å². The van der Waals surface area contributed by atoms with Crippen molar-refractivity contribution in [2.75, 3.05) is 32.7 Å². The Bertz CT molecular complexity index is 189. The third kappa shape index (κ3) is 7.25. The van der Waals surface area contributed by atoms with Crippen LogP contribution in [-0.4, -0.2) is 54.5 Å². The SMILES string of the molecule is CCOCOC(Cl)(OCOCC)C(CCCl)O[SiH3]. The van der Waals surface area contributed by atoms with E-state index < -0.39 is 11.4 Å². The molecule has 1 atom stereocenters. The Morgan fingerprint density at radius 1 is 1.11 bits per heavy atom. The number of hydrogen-bond donors (Lipinski definition) is 0. The number of rotatable bonds is 12. The maximum absolute atomic E-state index is 6.29. The minimum Gasteiger partial charge on any atom is -0.418 e. The van der Waals surface area contributed by atoms with E-state index >= 15 is 0 Å². The van der Waals surface area contributed by atoms with Crippen LogP contribution in [0.3, 0.4) is 0 Å². The molecule has 0 saturated heterocycles. The molecule has 1 unspecified atom stereocenters. The van der Waals surface area contributed by atoms with Crippen molar-refractivity contribution < 1.29 is 23.4 Å². The summed E-state index contributed by atoms with van der Waals surface area (Å²) in [7, 11) is 0.502. The molecule has 0 rings (SSSR count). The lowest BCUT2D eigenvalue weighted by atomic mass is 10.2. The normalized spacial score (nSPS) is 14.0. The van der Waals surface area contributed by atoms with E-state index in [9.17, 15) is 0 Å². The molecule has 0 aromatic rings. The molecule has 0 aromatic carbocycles. The summed E-state index contributed by atoms with van der Waals surface area (Å²) in [6, 6.07) is 0. The van der Waals surface area contributed by atoms with E-state index in [1.165, 1.54) is 0 Å². The highest BCUT2D eigenvalue weighted by Gasteiger charge is 2.39. The monoisotopic (exact) mass is 320 g/mol. The molecule has 18 heavy (non-hydrogen) atoms. The number of hydrogen-bond acceptors (Lipinski definition) is 5. The van der Waals surface area contributed by atoms with Gasteiger partial charge in [-0.15, -0.1) is 11.6 Å². The van der Waals surface area contributed by atoms with Gasteiger partial charge in [-0.3, -0.25) is 0 Å². The summed E-state index contributed by atoms with van der Waals surface area (Å²) in [5.74, 6) is 0.400. The van der Waals surface area contributed by atoms with Crippen LogP contribution >= 0.6 is 23.2 Å². The summed E-state index contributed by atoms with van der Waals surface area (Å²) < 4.78 is 26.4. The van der Waals surface area contributed by atoms with Crippen molar-refractivity contribution in [3.8, 4) is 0 Å². The third-order valence-electron chi connectivity index (χ3n) is 2.13. The summed E-state index contributed by atoms with van der Waals surface area (Å²) >= 11 is 12.0. The molecule has 0 bridgehead atoms. The Labute approximate surface area is 121 Å². The van der Waals surface area contributed by atoms with Gasteiger partial charge in [0.1, 0.15) is 16.6 Å². The molecule has 0 aliphatic carbocycles. The Morgan fingerprint density at radius 3 is 1.94 bits per heavy atom. The molecule has 0 aliphatic rings. The summed E-state index contributed by atoms with van der Waals surface area (Å²) in [4.78, 5) is 0. The van der Waals surface area contributed by atoms with E-state index in [-0.39, 0.29) is 13.6 Å². The van der Waals surface area contributed by atoms with Gasteiger partial charge in [-0.05, 0) is 20.3 Å². The van der Waals surface area contributed by atoms with Crippen molar-refractivity contribution in [2.45, 2.75) is 31.6 Å². The zero-order valence-corrected chi connectivity index (χ0v) is 14.6. The van der Waals surface area contributed by atoms with Gasteiger partial charge in [-0.1, -0.05) is 11.6 Å². The molecule has 0 aliphatic heterocycles. The fraction of sp³-hybridized carbons (Fsp3) is 1.00. The van der Waals surface area contributed by atoms with Crippen molar-refractivity contribution >= 4 is 33.7 Å². The molecule has 0 N–H and O–H groups in total. The summed E-state index contributed by atoms with van der Waals surface area (Å²) in [5, 5.41) is -1.43. The van der Waals surface area contributed by atoms with Gasteiger partial charge in [0, 0.05) is 19.1 Å². The summed E-state index contributed by atoms with van der Waals surface area (Å²) in [6.07, 6.45) is 0.0662. The second kappa shape index (κ2) is 11.4. The fourth-order valence-electron chi connectivity index (χ4n) is 1.17. The summed E-state index contributed by atoms with van der Waals surface area (Å²) in [6.45, 7) is 4.83. The van der Waals surface area contributed by atoms with Gasteiger partial charge in [0.15, 0.2) is 13.6 Å². The van der Waals surface area contributed by atoms with E-state index in [1.54, 1.807) is 0 Å². The zero-order valence-electron chi connectivity index (χ0n) is 11.1. The first-order valence-electron chi connectivity index (χ1n) is 5.85. The molecule has 5 nitrogen and oxygen atoms in total. The van der Waals surface area contributed by atoms with Crippen LogP contribution in [0.4, 0.5) is 0 Å². The molecule has 0 spiro atoms. The van der Waals surface area contributed by atoms with E-state index in [0.717, 1.165) is 0 Å². The second-order valence-electron chi connectivity index (χ2n) is 3.29. The molecule has 0 fully saturated rings. The number of alkyl halides is 2. The summed E-state index contributed by atoms with van der Waals surface area (Å²) in [5.41, 5.74) is 0. The van der Waals surface area contributed by atoms with E-state index in [4.69, 9.17) is 46.6 Å². The lowest BCUT2D eigenvalue weighted by Gasteiger charge is -2.33. The molecule has 0 amide bonds. The van der Waals surface area contributed by atoms with E-state index in [2.05, 4.69) is 0 Å². The second-order valence-corrected chi connectivity index (χ2v) is 4.67. The van der Waals surface area contributed by atoms with Crippen LogP contribution in [0.1, 0.15) is 20.3 Å². The van der Waals surface area contributed by atoms with Gasteiger partial charge < -0.3 is 23.4 Å². The smallest absolute Gasteiger partial charge is 0.278 e. The zero-order chi connectivity index (χ0) is 13.9. The lowest BCUT2D eigenvalue weighted by Crippen LogP contribution is -2.45. The fourth-order valence-corrected chi connectivity index (χ4v) is 2.35. The Morgan fingerprint density at radius 2 is 1.61 bits per heavy atom. The highest BCUT2D eigenvalue weighted by atomic mass is 35.5. The average Bonchev–Trinajstić information content (AvgIpc) is 2.36. The van der Waals surface area contributed by atoms with Crippen LogP contribution < -0.4 is 0 Å². The van der Waals surface area contributed by atoms with E-state index in [1.807, 2.05) is 13.8 Å². The van der Waals surface area contributed by atoms with Gasteiger partial charge in [0.05, 0.1) is 0 Å². The molecule has 0 aromatic heterocycles. The largest absolute Gasteiger partial charge is 0.418 e. The highest BCUT2D eigenvalue weighted by molar-refractivity contribution is 6.22. The molecule has 110 valence electrons. The first-order valence-corrected chi connectivity index (χ1v) is 7.58. The first-order chi connectivity index (χ1) is 8.64. The standard InChI is InChI=1S/C10H22Cl2O5Si/c1-3-13-7-15-10(12,16-8-14-4-2)9(17-18)5-6-11/h9H,3-8H2,1-2,18H3. The first kappa shape index (κ1) is 18.6. The highest BCUT2D eigenvalue weighted by Crippen LogP contribution is 2.28. The topological polar surface area (TPSA) is 46.2 Å². The van der Waals surface area contributed by atoms with Crippen LogP contribution in [0.15, 0.2) is 0 Å². The molecular formula is C10H22Cl2O5Si. The van der Waals surface area contributed by atoms with Crippen LogP contribution in [-0.2, 0) is 23.4 Å². The quantitative estimate of drug-likeness (QED) is 0.234. The lowest BCUT2D eigenvalue weighted by molar-refractivity contribution is -0.281. The predicted octanol–water partition coefficient (Wildman–Crippen LogP) is 1.19. The van der Waals surface area contributed by atoms with Crippen molar-refractivity contribution in [3.63, 3.8) is 0 Å². The molecular weight excluding hydrogens is 299 g/mol. The Hall–Kier alpha value is 0.597. The van der Waals surface area contributed by atoms with Gasteiger partial charge in [-0.2, -0.15) is 0 Å². The number of ether oxygens (including phenoxy) is 4. The van der Waals surface area contributed by atoms with Crippen LogP contribution in [0.25, 0.3) is 0 Å². The van der Waals surface area contributed by atoms with Gasteiger partial charge in [0.25, 0.3) is 5.25 Å². The van der Waals surface area contributed by atoms with Gasteiger partial charge >= 0.3 is 0 Å². The molecule has 0 heterocycles. The molecule has 0 radical (unpaired) electrons. The number of halogens is 2. The van der Waals surface area contributed by atoms with Gasteiger partial charge in [0.2, 0.25) is 0 Å². The van der Waals surface area contributed by atoms with Crippen molar-refractivity contribution in [3.05, 3.63) is 0 Å². The molecule has 8 heteroatoms. The van der Waals surface area contributed by atoms with Crippen LogP contribution in [0, 0.1) is 0 Å². The van der Waals surface area contributed by atoms with Gasteiger partial charge in [-0.25, -0.2) is 0 Å².